The number of aryl methyl sites for hydroxylation is 3. The highest BCUT2D eigenvalue weighted by Crippen LogP contribution is 2.30. The summed E-state index contributed by atoms with van der Waals surface area (Å²) >= 11 is 0. The summed E-state index contributed by atoms with van der Waals surface area (Å²) in [6, 6.07) is 0. The highest BCUT2D eigenvalue weighted by atomic mass is 16.5. The summed E-state index contributed by atoms with van der Waals surface area (Å²) < 4.78 is 7.33. The van der Waals surface area contributed by atoms with Crippen molar-refractivity contribution in [2.24, 2.45) is 7.05 Å². The zero-order valence-electron chi connectivity index (χ0n) is 14.5. The fourth-order valence-corrected chi connectivity index (χ4v) is 3.37. The molecule has 2 aromatic heterocycles. The number of aromatic nitrogens is 3. The molecule has 0 saturated carbocycles. The van der Waals surface area contributed by atoms with Crippen LogP contribution in [0.5, 0.6) is 0 Å². The van der Waals surface area contributed by atoms with Crippen LogP contribution in [-0.4, -0.2) is 38.6 Å². The van der Waals surface area contributed by atoms with E-state index in [1.165, 1.54) is 0 Å². The van der Waals surface area contributed by atoms with Crippen molar-refractivity contribution in [3.63, 3.8) is 0 Å². The predicted octanol–water partition coefficient (Wildman–Crippen LogP) is 2.78. The van der Waals surface area contributed by atoms with Crippen molar-refractivity contribution in [1.29, 1.82) is 0 Å². The molecule has 1 fully saturated rings. The smallest absolute Gasteiger partial charge is 0.259 e. The fraction of sp³-hybridized carbons (Fsp3) is 0.588. The van der Waals surface area contributed by atoms with Crippen molar-refractivity contribution < 1.29 is 9.32 Å². The minimum Gasteiger partial charge on any atom is -0.361 e. The molecule has 3 rings (SSSR count). The van der Waals surface area contributed by atoms with E-state index >= 15 is 0 Å². The lowest BCUT2D eigenvalue weighted by Gasteiger charge is -2.17. The van der Waals surface area contributed by atoms with E-state index in [0.717, 1.165) is 30.2 Å². The Morgan fingerprint density at radius 2 is 2.13 bits per heavy atom. The lowest BCUT2D eigenvalue weighted by atomic mass is 10.0. The van der Waals surface area contributed by atoms with Crippen molar-refractivity contribution in [2.75, 3.05) is 13.1 Å². The van der Waals surface area contributed by atoms with Crippen molar-refractivity contribution in [2.45, 2.75) is 46.0 Å². The van der Waals surface area contributed by atoms with Crippen LogP contribution in [0.3, 0.4) is 0 Å². The average Bonchev–Trinajstić information content (AvgIpc) is 3.16. The van der Waals surface area contributed by atoms with Crippen molar-refractivity contribution in [3.8, 4) is 0 Å². The molecule has 0 aliphatic carbocycles. The van der Waals surface area contributed by atoms with Gasteiger partial charge in [-0.2, -0.15) is 0 Å². The second-order valence-electron chi connectivity index (χ2n) is 6.74. The molecule has 6 nitrogen and oxygen atoms in total. The molecular formula is C17H24N4O2. The summed E-state index contributed by atoms with van der Waals surface area (Å²) in [5.41, 5.74) is 2.41. The quantitative estimate of drug-likeness (QED) is 0.873. The first-order valence-corrected chi connectivity index (χ1v) is 8.13. The molecule has 0 bridgehead atoms. The van der Waals surface area contributed by atoms with E-state index < -0.39 is 0 Å². The molecule has 0 aromatic carbocycles. The van der Waals surface area contributed by atoms with Crippen LogP contribution in [0.1, 0.15) is 65.4 Å². The second-order valence-corrected chi connectivity index (χ2v) is 6.74. The molecule has 1 aliphatic rings. The van der Waals surface area contributed by atoms with Crippen LogP contribution in [0, 0.1) is 13.8 Å². The van der Waals surface area contributed by atoms with Crippen LogP contribution in [0.15, 0.2) is 10.7 Å². The van der Waals surface area contributed by atoms with E-state index in [9.17, 15) is 4.79 Å². The third-order valence-corrected chi connectivity index (χ3v) is 4.52. The lowest BCUT2D eigenvalue weighted by Crippen LogP contribution is -2.29. The van der Waals surface area contributed by atoms with Gasteiger partial charge in [0.05, 0.1) is 11.4 Å². The molecule has 0 radical (unpaired) electrons. The zero-order valence-corrected chi connectivity index (χ0v) is 14.5. The molecule has 23 heavy (non-hydrogen) atoms. The van der Waals surface area contributed by atoms with Crippen LogP contribution >= 0.6 is 0 Å². The molecule has 2 aromatic rings. The standard InChI is InChI=1S/C17H24N4O2/c1-10(2)15-14(12(4)23-19-15)17(22)21-7-6-13(9-21)16-18-11(3)8-20(16)5/h8,10,13H,6-7,9H2,1-5H3/t13-/m0/s1. The van der Waals surface area contributed by atoms with Crippen LogP contribution in [0.25, 0.3) is 0 Å². The largest absolute Gasteiger partial charge is 0.361 e. The summed E-state index contributed by atoms with van der Waals surface area (Å²) in [6.45, 7) is 9.30. The maximum atomic E-state index is 12.9. The molecule has 1 amide bonds. The van der Waals surface area contributed by atoms with Gasteiger partial charge in [-0.25, -0.2) is 4.98 Å². The van der Waals surface area contributed by atoms with Crippen LogP contribution < -0.4 is 0 Å². The lowest BCUT2D eigenvalue weighted by molar-refractivity contribution is 0.0787. The number of amides is 1. The maximum absolute atomic E-state index is 12.9. The average molecular weight is 316 g/mol. The number of likely N-dealkylation sites (tertiary alicyclic amines) is 1. The molecule has 1 aliphatic heterocycles. The Hall–Kier alpha value is -2.11. The molecule has 0 spiro atoms. The van der Waals surface area contributed by atoms with Gasteiger partial charge >= 0.3 is 0 Å². The molecule has 3 heterocycles. The molecule has 6 heteroatoms. The molecule has 0 unspecified atom stereocenters. The van der Waals surface area contributed by atoms with Gasteiger partial charge in [0.15, 0.2) is 0 Å². The third-order valence-electron chi connectivity index (χ3n) is 4.52. The highest BCUT2D eigenvalue weighted by molar-refractivity contribution is 5.96. The first kappa shape index (κ1) is 15.8. The molecule has 124 valence electrons. The van der Waals surface area contributed by atoms with E-state index in [0.29, 0.717) is 23.8 Å². The minimum atomic E-state index is 0.0286. The van der Waals surface area contributed by atoms with Gasteiger partial charge in [0.25, 0.3) is 5.91 Å². The number of imidazole rings is 1. The van der Waals surface area contributed by atoms with Crippen LogP contribution in [0.4, 0.5) is 0 Å². The predicted molar refractivity (Wildman–Crippen MR) is 86.5 cm³/mol. The Labute approximate surface area is 136 Å². The summed E-state index contributed by atoms with van der Waals surface area (Å²) in [5.74, 6) is 2.15. The Bertz CT molecular complexity index is 729. The Morgan fingerprint density at radius 1 is 1.39 bits per heavy atom. The second kappa shape index (κ2) is 5.83. The number of hydrogen-bond acceptors (Lipinski definition) is 4. The third kappa shape index (κ3) is 2.78. The number of rotatable bonds is 3. The number of hydrogen-bond donors (Lipinski definition) is 0. The molecule has 0 N–H and O–H groups in total. The minimum absolute atomic E-state index is 0.0286. The number of nitrogens with zero attached hydrogens (tertiary/aromatic N) is 4. The number of carbonyl (C=O) groups excluding carboxylic acids is 1. The summed E-state index contributed by atoms with van der Waals surface area (Å²) in [6.07, 6.45) is 2.97. The summed E-state index contributed by atoms with van der Waals surface area (Å²) in [5, 5.41) is 4.06. The Morgan fingerprint density at radius 3 is 2.74 bits per heavy atom. The first-order valence-electron chi connectivity index (χ1n) is 8.13. The zero-order chi connectivity index (χ0) is 16.7. The summed E-state index contributed by atoms with van der Waals surface area (Å²) in [4.78, 5) is 19.4. The fourth-order valence-electron chi connectivity index (χ4n) is 3.37. The van der Waals surface area contributed by atoms with Gasteiger partial charge in [0, 0.05) is 32.3 Å². The Balaban J connectivity index is 1.81. The maximum Gasteiger partial charge on any atom is 0.259 e. The van der Waals surface area contributed by atoms with E-state index in [1.54, 1.807) is 0 Å². The van der Waals surface area contributed by atoms with Gasteiger partial charge in [0.2, 0.25) is 0 Å². The van der Waals surface area contributed by atoms with Crippen molar-refractivity contribution in [1.82, 2.24) is 19.6 Å². The van der Waals surface area contributed by atoms with Gasteiger partial charge in [-0.3, -0.25) is 4.79 Å². The normalized spacial score (nSPS) is 18.2. The van der Waals surface area contributed by atoms with Gasteiger partial charge in [-0.15, -0.1) is 0 Å². The Kier molecular flexibility index (Phi) is 4.00. The van der Waals surface area contributed by atoms with E-state index in [2.05, 4.69) is 14.7 Å². The topological polar surface area (TPSA) is 64.2 Å². The van der Waals surface area contributed by atoms with Crippen LogP contribution in [-0.2, 0) is 7.05 Å². The van der Waals surface area contributed by atoms with E-state index in [1.807, 2.05) is 45.8 Å². The van der Waals surface area contributed by atoms with Gasteiger partial charge in [-0.1, -0.05) is 19.0 Å². The van der Waals surface area contributed by atoms with Crippen LogP contribution in [0.2, 0.25) is 0 Å². The van der Waals surface area contributed by atoms with Gasteiger partial charge in [-0.05, 0) is 26.2 Å². The van der Waals surface area contributed by atoms with E-state index in [-0.39, 0.29) is 11.8 Å². The molecule has 1 atom stereocenters. The first-order chi connectivity index (χ1) is 10.9. The van der Waals surface area contributed by atoms with Crippen molar-refractivity contribution >= 4 is 5.91 Å². The highest BCUT2D eigenvalue weighted by Gasteiger charge is 2.33. The van der Waals surface area contributed by atoms with Gasteiger partial charge in [0.1, 0.15) is 17.1 Å². The van der Waals surface area contributed by atoms with Crippen molar-refractivity contribution in [3.05, 3.63) is 34.7 Å². The SMILES string of the molecule is Cc1cn(C)c([C@H]2CCN(C(=O)c3c(C(C)C)noc3C)C2)n1. The molecular weight excluding hydrogens is 292 g/mol. The monoisotopic (exact) mass is 316 g/mol. The number of carbonyl (C=O) groups is 1. The van der Waals surface area contributed by atoms with Gasteiger partial charge < -0.3 is 14.0 Å². The summed E-state index contributed by atoms with van der Waals surface area (Å²) in [7, 11) is 2.01. The molecule has 1 saturated heterocycles. The van der Waals surface area contributed by atoms with E-state index in [4.69, 9.17) is 4.52 Å².